The van der Waals surface area contributed by atoms with Crippen LogP contribution >= 0.6 is 12.6 Å². The monoisotopic (exact) mass is 623 g/mol. The maximum Gasteiger partial charge on any atom is 0.327 e. The molecule has 43 heavy (non-hydrogen) atoms. The van der Waals surface area contributed by atoms with E-state index in [1.165, 1.54) is 0 Å². The third-order valence-corrected chi connectivity index (χ3v) is 6.64. The molecular formula is C28H45N7O7S. The average molecular weight is 624 g/mol. The second kappa shape index (κ2) is 20.3. The topological polar surface area (TPSA) is 235 Å². The van der Waals surface area contributed by atoms with E-state index in [0.717, 1.165) is 5.56 Å². The van der Waals surface area contributed by atoms with Gasteiger partial charge in [-0.15, -0.1) is 0 Å². The van der Waals surface area contributed by atoms with Crippen LogP contribution in [0.2, 0.25) is 0 Å². The number of carbonyl (C=O) groups is 6. The van der Waals surface area contributed by atoms with Gasteiger partial charge in [0.25, 0.3) is 0 Å². The molecule has 10 N–H and O–H groups in total. The lowest BCUT2D eigenvalue weighted by Crippen LogP contribution is -2.56. The van der Waals surface area contributed by atoms with Gasteiger partial charge in [-0.05, 0) is 43.7 Å². The maximum absolute atomic E-state index is 13.2. The Morgan fingerprint density at radius 2 is 1.40 bits per heavy atom. The molecule has 0 fully saturated rings. The third-order valence-electron chi connectivity index (χ3n) is 6.28. The van der Waals surface area contributed by atoms with Gasteiger partial charge in [0, 0.05) is 12.2 Å². The molecule has 1 aromatic carbocycles. The fourth-order valence-corrected chi connectivity index (χ4v) is 4.29. The highest BCUT2D eigenvalue weighted by Gasteiger charge is 2.29. The van der Waals surface area contributed by atoms with Gasteiger partial charge in [-0.25, -0.2) is 4.79 Å². The Morgan fingerprint density at radius 3 is 1.95 bits per heavy atom. The van der Waals surface area contributed by atoms with Crippen molar-refractivity contribution in [1.82, 2.24) is 26.6 Å². The molecule has 0 saturated heterocycles. The maximum atomic E-state index is 13.2. The van der Waals surface area contributed by atoms with Gasteiger partial charge in [0.1, 0.15) is 24.2 Å². The Bertz CT molecular complexity index is 1070. The zero-order valence-electron chi connectivity index (χ0n) is 24.6. The molecular weight excluding hydrogens is 578 g/mol. The zero-order valence-corrected chi connectivity index (χ0v) is 25.5. The highest BCUT2D eigenvalue weighted by molar-refractivity contribution is 7.80. The number of carboxylic acid groups (broad SMARTS) is 1. The summed E-state index contributed by atoms with van der Waals surface area (Å²) >= 11 is 3.93. The van der Waals surface area contributed by atoms with Crippen molar-refractivity contribution >= 4 is 48.1 Å². The van der Waals surface area contributed by atoms with Crippen LogP contribution in [0.3, 0.4) is 0 Å². The van der Waals surface area contributed by atoms with Crippen LogP contribution in [0, 0.1) is 5.92 Å². The van der Waals surface area contributed by atoms with Gasteiger partial charge in [-0.1, -0.05) is 44.2 Å². The molecule has 240 valence electrons. The number of hydrogen-bond donors (Lipinski definition) is 9. The van der Waals surface area contributed by atoms with Gasteiger partial charge >= 0.3 is 5.97 Å². The highest BCUT2D eigenvalue weighted by Crippen LogP contribution is 2.08. The second-order valence-corrected chi connectivity index (χ2v) is 10.8. The van der Waals surface area contributed by atoms with Crippen molar-refractivity contribution in [1.29, 1.82) is 0 Å². The number of nitrogens with one attached hydrogen (secondary N) is 5. The summed E-state index contributed by atoms with van der Waals surface area (Å²) in [7, 11) is 0. The third kappa shape index (κ3) is 14.9. The van der Waals surface area contributed by atoms with E-state index in [1.54, 1.807) is 24.3 Å². The molecule has 4 atom stereocenters. The minimum absolute atomic E-state index is 0.0132. The van der Waals surface area contributed by atoms with E-state index in [2.05, 4.69) is 39.2 Å². The lowest BCUT2D eigenvalue weighted by Gasteiger charge is -2.24. The number of carboxylic acids is 1. The second-order valence-electron chi connectivity index (χ2n) is 10.4. The van der Waals surface area contributed by atoms with Gasteiger partial charge in [0.05, 0.1) is 13.1 Å². The number of thiol groups is 1. The van der Waals surface area contributed by atoms with E-state index in [4.69, 9.17) is 11.5 Å². The molecule has 15 heteroatoms. The van der Waals surface area contributed by atoms with Gasteiger partial charge in [-0.2, -0.15) is 12.6 Å². The average Bonchev–Trinajstić information content (AvgIpc) is 2.97. The number of nitrogens with two attached hydrogens (primary N) is 2. The van der Waals surface area contributed by atoms with Gasteiger partial charge < -0.3 is 43.2 Å². The number of benzene rings is 1. The van der Waals surface area contributed by atoms with E-state index in [-0.39, 0.29) is 37.5 Å². The fourth-order valence-electron chi connectivity index (χ4n) is 4.04. The smallest absolute Gasteiger partial charge is 0.327 e. The molecule has 0 heterocycles. The molecule has 0 bridgehead atoms. The Labute approximate surface area is 257 Å². The molecule has 0 saturated carbocycles. The van der Waals surface area contributed by atoms with Crippen molar-refractivity contribution < 1.29 is 33.9 Å². The largest absolute Gasteiger partial charge is 0.480 e. The Morgan fingerprint density at radius 1 is 0.791 bits per heavy atom. The van der Waals surface area contributed by atoms with Gasteiger partial charge in [-0.3, -0.25) is 24.0 Å². The lowest BCUT2D eigenvalue weighted by atomic mass is 10.0. The molecule has 1 rings (SSSR count). The van der Waals surface area contributed by atoms with Crippen LogP contribution in [-0.4, -0.2) is 90.2 Å². The van der Waals surface area contributed by atoms with Crippen LogP contribution in [0.5, 0.6) is 0 Å². The van der Waals surface area contributed by atoms with Crippen molar-refractivity contribution in [3.63, 3.8) is 0 Å². The van der Waals surface area contributed by atoms with E-state index in [0.29, 0.717) is 19.4 Å². The minimum atomic E-state index is -1.27. The first-order valence-electron chi connectivity index (χ1n) is 14.2. The molecule has 0 spiro atoms. The first-order valence-corrected chi connectivity index (χ1v) is 14.8. The van der Waals surface area contributed by atoms with Crippen LogP contribution in [-0.2, 0) is 35.2 Å². The van der Waals surface area contributed by atoms with Gasteiger partial charge in [0.2, 0.25) is 29.5 Å². The fraction of sp³-hybridized carbons (Fsp3) is 0.571. The summed E-state index contributed by atoms with van der Waals surface area (Å²) < 4.78 is 0. The number of carbonyl (C=O) groups excluding carboxylic acids is 5. The number of amides is 5. The Kier molecular flexibility index (Phi) is 17.6. The van der Waals surface area contributed by atoms with E-state index < -0.39 is 66.2 Å². The first-order chi connectivity index (χ1) is 20.4. The van der Waals surface area contributed by atoms with Crippen LogP contribution in [0.1, 0.15) is 45.1 Å². The lowest BCUT2D eigenvalue weighted by molar-refractivity contribution is -0.141. The van der Waals surface area contributed by atoms with Crippen molar-refractivity contribution in [3.05, 3.63) is 35.9 Å². The van der Waals surface area contributed by atoms with E-state index in [1.807, 2.05) is 19.9 Å². The number of hydrogen-bond acceptors (Lipinski definition) is 9. The summed E-state index contributed by atoms with van der Waals surface area (Å²) in [5, 5.41) is 21.8. The Balaban J connectivity index is 2.92. The standard InChI is InChI=1S/C28H45N7O7S/c1-17(2)12-20(34-27(40)21(33-23(36)14-30)13-18-8-4-3-5-9-18)25(38)31-15-24(37)32-19(10-6-7-11-29)26(39)35-22(16-43)28(41)42/h3-5,8-9,17,19-22,43H,6-7,10-16,29-30H2,1-2H3,(H,31,38)(H,32,37)(H,33,36)(H,34,40)(H,35,39)(H,41,42)/t19-,20-,21-,22-/m0/s1. The summed E-state index contributed by atoms with van der Waals surface area (Å²) in [6.07, 6.45) is 1.68. The SMILES string of the molecule is CC(C)C[C@H](NC(=O)[C@H](Cc1ccccc1)NC(=O)CN)C(=O)NCC(=O)N[C@@H](CCCCN)C(=O)N[C@@H](CS)C(=O)O. The van der Waals surface area contributed by atoms with Crippen LogP contribution in [0.4, 0.5) is 0 Å². The summed E-state index contributed by atoms with van der Waals surface area (Å²) in [5.74, 6) is -4.58. The van der Waals surface area contributed by atoms with Crippen LogP contribution in [0.15, 0.2) is 30.3 Å². The Hall–Kier alpha value is -3.69. The molecule has 0 radical (unpaired) electrons. The number of rotatable bonds is 20. The predicted octanol–water partition coefficient (Wildman–Crippen LogP) is -1.57. The summed E-state index contributed by atoms with van der Waals surface area (Å²) in [4.78, 5) is 75.0. The normalized spacial score (nSPS) is 13.6. The summed E-state index contributed by atoms with van der Waals surface area (Å²) in [6.45, 7) is 3.27. The number of unbranched alkanes of at least 4 members (excludes halogenated alkanes) is 1. The van der Waals surface area contributed by atoms with E-state index >= 15 is 0 Å². The minimum Gasteiger partial charge on any atom is -0.480 e. The van der Waals surface area contributed by atoms with Crippen molar-refractivity contribution in [2.45, 2.75) is 70.1 Å². The molecule has 0 unspecified atom stereocenters. The van der Waals surface area contributed by atoms with Crippen LogP contribution < -0.4 is 38.1 Å². The summed E-state index contributed by atoms with van der Waals surface area (Å²) in [6, 6.07) is 4.69. The molecule has 14 nitrogen and oxygen atoms in total. The van der Waals surface area contributed by atoms with E-state index in [9.17, 15) is 33.9 Å². The molecule has 0 aliphatic heterocycles. The highest BCUT2D eigenvalue weighted by atomic mass is 32.1. The van der Waals surface area contributed by atoms with Crippen molar-refractivity contribution in [2.75, 3.05) is 25.4 Å². The zero-order chi connectivity index (χ0) is 32.4. The van der Waals surface area contributed by atoms with Crippen molar-refractivity contribution in [2.24, 2.45) is 17.4 Å². The van der Waals surface area contributed by atoms with Crippen LogP contribution in [0.25, 0.3) is 0 Å². The molecule has 0 aromatic heterocycles. The number of aliphatic carboxylic acids is 1. The molecule has 0 aliphatic rings. The molecule has 0 aliphatic carbocycles. The molecule has 1 aromatic rings. The summed E-state index contributed by atoms with van der Waals surface area (Å²) in [5.41, 5.74) is 11.7. The quantitative estimate of drug-likeness (QED) is 0.0602. The van der Waals surface area contributed by atoms with Gasteiger partial charge in [0.15, 0.2) is 0 Å². The predicted molar refractivity (Wildman–Crippen MR) is 164 cm³/mol. The first kappa shape index (κ1) is 37.3. The van der Waals surface area contributed by atoms with Crippen molar-refractivity contribution in [3.8, 4) is 0 Å². The molecule has 5 amide bonds.